The average Bonchev–Trinajstić information content (AvgIpc) is 2.94. The molecule has 0 fully saturated rings. The minimum atomic E-state index is -0.0132. The van der Waals surface area contributed by atoms with Crippen molar-refractivity contribution in [1.29, 1.82) is 0 Å². The van der Waals surface area contributed by atoms with E-state index in [-0.39, 0.29) is 5.91 Å². The molecule has 0 aromatic carbocycles. The Bertz CT molecular complexity index is 553. The van der Waals surface area contributed by atoms with Crippen molar-refractivity contribution in [2.45, 2.75) is 39.0 Å². The molecule has 2 rings (SSSR count). The fourth-order valence-corrected chi connectivity index (χ4v) is 2.60. The summed E-state index contributed by atoms with van der Waals surface area (Å²) in [7, 11) is 0. The van der Waals surface area contributed by atoms with Gasteiger partial charge in [0.15, 0.2) is 5.13 Å². The Balaban J connectivity index is 1.84. The Kier molecular flexibility index (Phi) is 5.24. The maximum absolute atomic E-state index is 11.9. The molecular weight excluding hydrogens is 270 g/mol. The zero-order valence-corrected chi connectivity index (χ0v) is 12.6. The van der Waals surface area contributed by atoms with Crippen LogP contribution in [-0.4, -0.2) is 15.9 Å². The first kappa shape index (κ1) is 14.7. The van der Waals surface area contributed by atoms with Gasteiger partial charge < -0.3 is 5.32 Å². The molecule has 0 aliphatic heterocycles. The molecule has 2 heterocycles. The van der Waals surface area contributed by atoms with Crippen molar-refractivity contribution >= 4 is 22.4 Å². The molecule has 0 aliphatic carbocycles. The third kappa shape index (κ3) is 4.13. The number of carbonyl (C=O) groups is 1. The lowest BCUT2D eigenvalue weighted by molar-refractivity contribution is -0.116. The number of pyridine rings is 1. The summed E-state index contributed by atoms with van der Waals surface area (Å²) >= 11 is 1.48. The second kappa shape index (κ2) is 7.14. The minimum absolute atomic E-state index is 0.0132. The molecular formula is C15H19N3OS. The molecule has 1 atom stereocenters. The van der Waals surface area contributed by atoms with Crippen LogP contribution in [0.5, 0.6) is 0 Å². The van der Waals surface area contributed by atoms with E-state index < -0.39 is 0 Å². The minimum Gasteiger partial charge on any atom is -0.302 e. The molecule has 0 radical (unpaired) electrons. The summed E-state index contributed by atoms with van der Waals surface area (Å²) in [6.07, 6.45) is 3.87. The summed E-state index contributed by atoms with van der Waals surface area (Å²) in [5, 5.41) is 5.56. The van der Waals surface area contributed by atoms with Crippen molar-refractivity contribution < 1.29 is 4.79 Å². The molecule has 2 aromatic rings. The van der Waals surface area contributed by atoms with Gasteiger partial charge in [0, 0.05) is 23.7 Å². The number of nitrogens with zero attached hydrogens (tertiary/aromatic N) is 2. The highest BCUT2D eigenvalue weighted by atomic mass is 32.1. The van der Waals surface area contributed by atoms with E-state index in [2.05, 4.69) is 29.1 Å². The van der Waals surface area contributed by atoms with Gasteiger partial charge in [-0.25, -0.2) is 4.98 Å². The molecule has 4 nitrogen and oxygen atoms in total. The van der Waals surface area contributed by atoms with Gasteiger partial charge in [-0.2, -0.15) is 0 Å². The largest absolute Gasteiger partial charge is 0.302 e. The molecule has 1 unspecified atom stereocenters. The highest BCUT2D eigenvalue weighted by molar-refractivity contribution is 7.13. The van der Waals surface area contributed by atoms with Crippen LogP contribution < -0.4 is 5.32 Å². The number of amides is 1. The van der Waals surface area contributed by atoms with E-state index in [0.29, 0.717) is 23.9 Å². The molecule has 106 valence electrons. The van der Waals surface area contributed by atoms with Gasteiger partial charge in [-0.3, -0.25) is 9.78 Å². The summed E-state index contributed by atoms with van der Waals surface area (Å²) in [5.41, 5.74) is 1.99. The summed E-state index contributed by atoms with van der Waals surface area (Å²) in [6, 6.07) is 5.73. The number of hydrogen-bond acceptors (Lipinski definition) is 4. The van der Waals surface area contributed by atoms with Crippen LogP contribution in [0.2, 0.25) is 0 Å². The number of thiazole rings is 1. The van der Waals surface area contributed by atoms with Crippen LogP contribution in [0.4, 0.5) is 5.13 Å². The van der Waals surface area contributed by atoms with E-state index in [1.807, 2.05) is 23.6 Å². The fourth-order valence-electron chi connectivity index (χ4n) is 1.75. The molecule has 2 aromatic heterocycles. The Morgan fingerprint density at radius 1 is 1.45 bits per heavy atom. The lowest BCUT2D eigenvalue weighted by Gasteiger charge is -2.03. The number of carbonyl (C=O) groups excluding carboxylic acids is 1. The molecule has 0 aliphatic rings. The molecule has 0 saturated heterocycles. The van der Waals surface area contributed by atoms with Gasteiger partial charge >= 0.3 is 0 Å². The van der Waals surface area contributed by atoms with Crippen molar-refractivity contribution in [3.05, 3.63) is 41.2 Å². The average molecular weight is 289 g/mol. The molecule has 1 N–H and O–H groups in total. The fraction of sp³-hybridized carbons (Fsp3) is 0.400. The second-order valence-corrected chi connectivity index (χ2v) is 5.61. The van der Waals surface area contributed by atoms with Gasteiger partial charge in [0.2, 0.25) is 5.91 Å². The van der Waals surface area contributed by atoms with Gasteiger partial charge in [0.25, 0.3) is 0 Å². The Morgan fingerprint density at radius 2 is 2.30 bits per heavy atom. The van der Waals surface area contributed by atoms with Crippen LogP contribution in [0.3, 0.4) is 0 Å². The van der Waals surface area contributed by atoms with Gasteiger partial charge in [-0.1, -0.05) is 19.9 Å². The van der Waals surface area contributed by atoms with E-state index >= 15 is 0 Å². The number of rotatable bonds is 6. The van der Waals surface area contributed by atoms with E-state index in [4.69, 9.17) is 0 Å². The summed E-state index contributed by atoms with van der Waals surface area (Å²) in [6.45, 7) is 4.27. The third-order valence-corrected chi connectivity index (χ3v) is 4.00. The number of hydrogen-bond donors (Lipinski definition) is 1. The van der Waals surface area contributed by atoms with Crippen molar-refractivity contribution in [2.75, 3.05) is 5.32 Å². The Labute approximate surface area is 123 Å². The van der Waals surface area contributed by atoms with Gasteiger partial charge in [-0.05, 0) is 30.9 Å². The molecule has 0 spiro atoms. The standard InChI is InChI=1S/C15H19N3OS/c1-3-11(2)13-10-20-15(17-13)18-14(19)8-7-12-6-4-5-9-16-12/h4-6,9-11H,3,7-8H2,1-2H3,(H,17,18,19). The first-order valence-electron chi connectivity index (χ1n) is 6.84. The molecule has 0 saturated carbocycles. The Morgan fingerprint density at radius 3 is 3.00 bits per heavy atom. The summed E-state index contributed by atoms with van der Waals surface area (Å²) in [4.78, 5) is 20.5. The van der Waals surface area contributed by atoms with Crippen LogP contribution in [-0.2, 0) is 11.2 Å². The lowest BCUT2D eigenvalue weighted by atomic mass is 10.1. The lowest BCUT2D eigenvalue weighted by Crippen LogP contribution is -2.12. The van der Waals surface area contributed by atoms with Crippen LogP contribution in [0.1, 0.15) is 44.0 Å². The smallest absolute Gasteiger partial charge is 0.226 e. The predicted octanol–water partition coefficient (Wildman–Crippen LogP) is 3.62. The maximum Gasteiger partial charge on any atom is 0.226 e. The van der Waals surface area contributed by atoms with Gasteiger partial charge in [0.1, 0.15) is 0 Å². The quantitative estimate of drug-likeness (QED) is 0.883. The monoisotopic (exact) mass is 289 g/mol. The molecule has 5 heteroatoms. The van der Waals surface area contributed by atoms with E-state index in [0.717, 1.165) is 17.8 Å². The van der Waals surface area contributed by atoms with Gasteiger partial charge in [0.05, 0.1) is 5.69 Å². The predicted molar refractivity (Wildman–Crippen MR) is 82.0 cm³/mol. The number of aryl methyl sites for hydroxylation is 1. The number of nitrogens with one attached hydrogen (secondary N) is 1. The third-order valence-electron chi connectivity index (χ3n) is 3.22. The zero-order chi connectivity index (χ0) is 14.4. The second-order valence-electron chi connectivity index (χ2n) is 4.76. The van der Waals surface area contributed by atoms with Crippen molar-refractivity contribution in [3.63, 3.8) is 0 Å². The van der Waals surface area contributed by atoms with Crippen LogP contribution in [0, 0.1) is 0 Å². The van der Waals surface area contributed by atoms with Crippen molar-refractivity contribution in [2.24, 2.45) is 0 Å². The van der Waals surface area contributed by atoms with Crippen LogP contribution in [0.15, 0.2) is 29.8 Å². The van der Waals surface area contributed by atoms with Crippen molar-refractivity contribution in [3.8, 4) is 0 Å². The van der Waals surface area contributed by atoms with Crippen LogP contribution in [0.25, 0.3) is 0 Å². The first-order chi connectivity index (χ1) is 9.69. The van der Waals surface area contributed by atoms with E-state index in [9.17, 15) is 4.79 Å². The normalized spacial score (nSPS) is 12.1. The summed E-state index contributed by atoms with van der Waals surface area (Å²) < 4.78 is 0. The maximum atomic E-state index is 11.9. The number of anilines is 1. The Hall–Kier alpha value is -1.75. The van der Waals surface area contributed by atoms with Crippen molar-refractivity contribution in [1.82, 2.24) is 9.97 Å². The first-order valence-corrected chi connectivity index (χ1v) is 7.72. The van der Waals surface area contributed by atoms with E-state index in [1.165, 1.54) is 11.3 Å². The van der Waals surface area contributed by atoms with E-state index in [1.54, 1.807) is 6.20 Å². The molecule has 1 amide bonds. The zero-order valence-electron chi connectivity index (χ0n) is 11.8. The summed E-state index contributed by atoms with van der Waals surface area (Å²) in [5.74, 6) is 0.422. The van der Waals surface area contributed by atoms with Crippen LogP contribution >= 0.6 is 11.3 Å². The highest BCUT2D eigenvalue weighted by Crippen LogP contribution is 2.23. The van der Waals surface area contributed by atoms with Gasteiger partial charge in [-0.15, -0.1) is 11.3 Å². The highest BCUT2D eigenvalue weighted by Gasteiger charge is 2.10. The molecule has 20 heavy (non-hydrogen) atoms. The SMILES string of the molecule is CCC(C)c1csc(NC(=O)CCc2ccccn2)n1. The topological polar surface area (TPSA) is 54.9 Å². The molecule has 0 bridgehead atoms. The number of aromatic nitrogens is 2.